The lowest BCUT2D eigenvalue weighted by Gasteiger charge is -2.12. The monoisotopic (exact) mass is 306 g/mol. The molecule has 1 fully saturated rings. The normalized spacial score (nSPS) is 24.7. The molecule has 1 atom stereocenters. The molecule has 1 aliphatic carbocycles. The molecule has 1 saturated carbocycles. The van der Waals surface area contributed by atoms with Gasteiger partial charge in [-0.15, -0.1) is 34.5 Å². The van der Waals surface area contributed by atoms with Crippen LogP contribution < -0.4 is 11.1 Å². The minimum atomic E-state index is -1.03. The van der Waals surface area contributed by atoms with Crippen LogP contribution in [0.3, 0.4) is 0 Å². The molecule has 1 aromatic rings. The van der Waals surface area contributed by atoms with Crippen LogP contribution in [0, 0.1) is 12.3 Å². The van der Waals surface area contributed by atoms with E-state index >= 15 is 0 Å². The number of hydrogen-bond acceptors (Lipinski definition) is 3. The third-order valence-electron chi connectivity index (χ3n) is 3.11. The maximum Gasteiger partial charge on any atom is 0.251 e. The smallest absolute Gasteiger partial charge is 0.251 e. The summed E-state index contributed by atoms with van der Waals surface area (Å²) < 4.78 is -1.03. The SMILES string of the molecule is Cc1cc(C(N)=O)c(NC(=O)C2(C)CC2(Cl)Cl)s1. The quantitative estimate of drug-likeness (QED) is 0.843. The molecule has 0 saturated heterocycles. The van der Waals surface area contributed by atoms with Gasteiger partial charge < -0.3 is 11.1 Å². The molecule has 0 aromatic carbocycles. The summed E-state index contributed by atoms with van der Waals surface area (Å²) in [6.07, 6.45) is 0.394. The van der Waals surface area contributed by atoms with Crippen molar-refractivity contribution in [3.8, 4) is 0 Å². The van der Waals surface area contributed by atoms with Crippen molar-refractivity contribution in [2.75, 3.05) is 5.32 Å². The average molecular weight is 307 g/mol. The van der Waals surface area contributed by atoms with E-state index in [0.29, 0.717) is 17.0 Å². The summed E-state index contributed by atoms with van der Waals surface area (Å²) in [4.78, 5) is 24.2. The highest BCUT2D eigenvalue weighted by Gasteiger charge is 2.68. The van der Waals surface area contributed by atoms with Gasteiger partial charge in [0, 0.05) is 4.88 Å². The number of alkyl halides is 2. The summed E-state index contributed by atoms with van der Waals surface area (Å²) in [6, 6.07) is 1.65. The largest absolute Gasteiger partial charge is 0.366 e. The van der Waals surface area contributed by atoms with Gasteiger partial charge in [0.25, 0.3) is 5.91 Å². The maximum absolute atomic E-state index is 12.1. The van der Waals surface area contributed by atoms with Crippen molar-refractivity contribution in [2.45, 2.75) is 24.6 Å². The van der Waals surface area contributed by atoms with E-state index in [1.54, 1.807) is 13.0 Å². The first kappa shape index (κ1) is 13.6. The Morgan fingerprint density at radius 1 is 1.50 bits per heavy atom. The molecule has 1 aliphatic rings. The second-order valence-corrected chi connectivity index (χ2v) is 7.37. The van der Waals surface area contributed by atoms with Gasteiger partial charge in [0.05, 0.1) is 11.0 Å². The molecule has 1 unspecified atom stereocenters. The van der Waals surface area contributed by atoms with E-state index in [2.05, 4.69) is 5.32 Å². The summed E-state index contributed by atoms with van der Waals surface area (Å²) in [6.45, 7) is 3.52. The number of halogens is 2. The number of anilines is 1. The fraction of sp³-hybridized carbons (Fsp3) is 0.455. The van der Waals surface area contributed by atoms with E-state index in [1.807, 2.05) is 6.92 Å². The zero-order valence-corrected chi connectivity index (χ0v) is 12.2. The van der Waals surface area contributed by atoms with Crippen molar-refractivity contribution >= 4 is 51.4 Å². The minimum Gasteiger partial charge on any atom is -0.366 e. The number of nitrogens with one attached hydrogen (secondary N) is 1. The van der Waals surface area contributed by atoms with Crippen LogP contribution in [0.1, 0.15) is 28.6 Å². The molecule has 4 nitrogen and oxygen atoms in total. The van der Waals surface area contributed by atoms with Gasteiger partial charge in [-0.2, -0.15) is 0 Å². The molecule has 7 heteroatoms. The molecule has 2 amide bonds. The van der Waals surface area contributed by atoms with Crippen LogP contribution >= 0.6 is 34.5 Å². The van der Waals surface area contributed by atoms with Crippen molar-refractivity contribution in [3.05, 3.63) is 16.5 Å². The Hall–Kier alpha value is -0.780. The van der Waals surface area contributed by atoms with Crippen molar-refractivity contribution < 1.29 is 9.59 Å². The first-order chi connectivity index (χ1) is 8.17. The molecule has 18 heavy (non-hydrogen) atoms. The van der Waals surface area contributed by atoms with Gasteiger partial charge >= 0.3 is 0 Å². The van der Waals surface area contributed by atoms with Gasteiger partial charge in [0.1, 0.15) is 9.33 Å². The minimum absolute atomic E-state index is 0.295. The van der Waals surface area contributed by atoms with Gasteiger partial charge in [0.2, 0.25) is 5.91 Å². The number of rotatable bonds is 3. The lowest BCUT2D eigenvalue weighted by molar-refractivity contribution is -0.120. The number of carbonyl (C=O) groups excluding carboxylic acids is 2. The van der Waals surface area contributed by atoms with E-state index in [1.165, 1.54) is 11.3 Å². The van der Waals surface area contributed by atoms with Gasteiger partial charge in [0.15, 0.2) is 0 Å². The molecular weight excluding hydrogens is 295 g/mol. The number of nitrogens with two attached hydrogens (primary N) is 1. The van der Waals surface area contributed by atoms with Crippen molar-refractivity contribution in [3.63, 3.8) is 0 Å². The number of amides is 2. The van der Waals surface area contributed by atoms with Crippen LogP contribution in [-0.4, -0.2) is 16.1 Å². The zero-order chi connectivity index (χ0) is 13.7. The highest BCUT2D eigenvalue weighted by atomic mass is 35.5. The fourth-order valence-corrected chi connectivity index (χ4v) is 3.30. The topological polar surface area (TPSA) is 72.2 Å². The van der Waals surface area contributed by atoms with Crippen LogP contribution in [0.4, 0.5) is 5.00 Å². The Kier molecular flexibility index (Phi) is 3.12. The highest BCUT2D eigenvalue weighted by molar-refractivity contribution is 7.16. The lowest BCUT2D eigenvalue weighted by atomic mass is 10.1. The summed E-state index contributed by atoms with van der Waals surface area (Å²) in [7, 11) is 0. The van der Waals surface area contributed by atoms with Gasteiger partial charge in [-0.1, -0.05) is 0 Å². The number of hydrogen-bond donors (Lipinski definition) is 2. The predicted octanol–water partition coefficient (Wildman–Crippen LogP) is 2.68. The Morgan fingerprint density at radius 3 is 2.50 bits per heavy atom. The second kappa shape index (κ2) is 4.11. The Labute approximate surface area is 118 Å². The van der Waals surface area contributed by atoms with Crippen molar-refractivity contribution in [1.29, 1.82) is 0 Å². The molecule has 1 aromatic heterocycles. The number of aryl methyl sites for hydroxylation is 1. The second-order valence-electron chi connectivity index (χ2n) is 4.63. The Balaban J connectivity index is 2.21. The van der Waals surface area contributed by atoms with Crippen LogP contribution in [0.25, 0.3) is 0 Å². The van der Waals surface area contributed by atoms with E-state index in [4.69, 9.17) is 28.9 Å². The molecule has 0 bridgehead atoms. The summed E-state index contributed by atoms with van der Waals surface area (Å²) in [5, 5.41) is 3.13. The molecular formula is C11H12Cl2N2O2S. The summed E-state index contributed by atoms with van der Waals surface area (Å²) in [5.41, 5.74) is 4.74. The third-order valence-corrected chi connectivity index (χ3v) is 5.17. The van der Waals surface area contributed by atoms with E-state index in [-0.39, 0.29) is 5.91 Å². The Morgan fingerprint density at radius 2 is 2.06 bits per heavy atom. The van der Waals surface area contributed by atoms with Gasteiger partial charge in [-0.3, -0.25) is 9.59 Å². The number of carbonyl (C=O) groups is 2. The van der Waals surface area contributed by atoms with E-state index < -0.39 is 15.7 Å². The molecule has 0 radical (unpaired) electrons. The summed E-state index contributed by atoms with van der Waals surface area (Å²) >= 11 is 13.2. The zero-order valence-electron chi connectivity index (χ0n) is 9.84. The first-order valence-electron chi connectivity index (χ1n) is 5.27. The summed E-state index contributed by atoms with van der Waals surface area (Å²) in [5.74, 6) is -0.865. The number of primary amides is 1. The van der Waals surface area contributed by atoms with E-state index in [9.17, 15) is 9.59 Å². The fourth-order valence-electron chi connectivity index (χ4n) is 1.68. The van der Waals surface area contributed by atoms with Crippen LogP contribution in [0.15, 0.2) is 6.07 Å². The Bertz CT molecular complexity index is 541. The molecule has 2 rings (SSSR count). The predicted molar refractivity (Wildman–Crippen MR) is 73.4 cm³/mol. The van der Waals surface area contributed by atoms with E-state index in [0.717, 1.165) is 4.88 Å². The molecule has 1 heterocycles. The molecule has 0 aliphatic heterocycles. The lowest BCUT2D eigenvalue weighted by Crippen LogP contribution is -2.26. The maximum atomic E-state index is 12.1. The molecule has 0 spiro atoms. The highest BCUT2D eigenvalue weighted by Crippen LogP contribution is 2.64. The van der Waals surface area contributed by atoms with Gasteiger partial charge in [-0.05, 0) is 26.3 Å². The molecule has 3 N–H and O–H groups in total. The van der Waals surface area contributed by atoms with Crippen LogP contribution in [-0.2, 0) is 4.79 Å². The standard InChI is InChI=1S/C11H12Cl2N2O2S/c1-5-3-6(7(14)16)8(18-5)15-9(17)10(2)4-11(10,12)13/h3H,4H2,1-2H3,(H2,14,16)(H,15,17). The molecule has 98 valence electrons. The van der Waals surface area contributed by atoms with Gasteiger partial charge in [-0.25, -0.2) is 0 Å². The first-order valence-corrected chi connectivity index (χ1v) is 6.84. The number of thiophene rings is 1. The van der Waals surface area contributed by atoms with Crippen molar-refractivity contribution in [1.82, 2.24) is 0 Å². The average Bonchev–Trinajstić information content (AvgIpc) is 2.58. The van der Waals surface area contributed by atoms with Crippen LogP contribution in [0.5, 0.6) is 0 Å². The van der Waals surface area contributed by atoms with Crippen LogP contribution in [0.2, 0.25) is 0 Å². The third kappa shape index (κ3) is 2.11. The van der Waals surface area contributed by atoms with Crippen molar-refractivity contribution in [2.24, 2.45) is 11.1 Å².